The molecular formula is C35H42N4O4. The summed E-state index contributed by atoms with van der Waals surface area (Å²) in [5.41, 5.74) is 7.71. The normalized spacial score (nSPS) is 15.0. The fourth-order valence-electron chi connectivity index (χ4n) is 5.73. The summed E-state index contributed by atoms with van der Waals surface area (Å²) in [6.45, 7) is 12.4. The highest BCUT2D eigenvalue weighted by Crippen LogP contribution is 2.46. The lowest BCUT2D eigenvalue weighted by atomic mass is 9.62. The van der Waals surface area contributed by atoms with Crippen LogP contribution in [0, 0.1) is 6.92 Å². The molecule has 2 aromatic heterocycles. The third-order valence-corrected chi connectivity index (χ3v) is 8.55. The lowest BCUT2D eigenvalue weighted by Crippen LogP contribution is -2.34. The van der Waals surface area contributed by atoms with Crippen molar-refractivity contribution >= 4 is 11.9 Å². The summed E-state index contributed by atoms with van der Waals surface area (Å²) in [5, 5.41) is 6.18. The number of hydrogen-bond donors (Lipinski definition) is 2. The number of furan rings is 1. The van der Waals surface area contributed by atoms with E-state index in [4.69, 9.17) is 13.9 Å². The Bertz CT molecular complexity index is 1600. The molecule has 8 heteroatoms. The molecule has 5 rings (SSSR count). The molecule has 0 radical (unpaired) electrons. The number of benzene rings is 2. The molecule has 1 aliphatic rings. The van der Waals surface area contributed by atoms with Crippen LogP contribution in [0.25, 0.3) is 0 Å². The van der Waals surface area contributed by atoms with E-state index in [1.807, 2.05) is 30.3 Å². The second-order valence-corrected chi connectivity index (χ2v) is 12.7. The van der Waals surface area contributed by atoms with Crippen molar-refractivity contribution < 1.29 is 18.7 Å². The van der Waals surface area contributed by atoms with E-state index in [9.17, 15) is 4.79 Å². The summed E-state index contributed by atoms with van der Waals surface area (Å²) >= 11 is 0. The molecule has 0 spiro atoms. The maximum absolute atomic E-state index is 13.0. The van der Waals surface area contributed by atoms with Crippen molar-refractivity contribution in [1.29, 1.82) is 0 Å². The molecule has 0 bridgehead atoms. The highest BCUT2D eigenvalue weighted by Gasteiger charge is 2.37. The van der Waals surface area contributed by atoms with Crippen molar-refractivity contribution in [2.24, 2.45) is 0 Å². The summed E-state index contributed by atoms with van der Waals surface area (Å²) in [6, 6.07) is 18.0. The molecule has 2 N–H and O–H groups in total. The number of fused-ring (bicyclic) bond motifs is 1. The Morgan fingerprint density at radius 3 is 2.14 bits per heavy atom. The second kappa shape index (κ2) is 12.1. The van der Waals surface area contributed by atoms with Crippen LogP contribution in [0.4, 0.5) is 5.95 Å². The molecule has 0 saturated heterocycles. The number of rotatable bonds is 10. The predicted octanol–water partition coefficient (Wildman–Crippen LogP) is 6.88. The van der Waals surface area contributed by atoms with Crippen LogP contribution in [0.2, 0.25) is 0 Å². The Labute approximate surface area is 254 Å². The van der Waals surface area contributed by atoms with Crippen molar-refractivity contribution in [2.75, 3.05) is 19.5 Å². The van der Waals surface area contributed by atoms with E-state index >= 15 is 0 Å². The minimum Gasteiger partial charge on any atom is -0.481 e. The maximum Gasteiger partial charge on any atom is 0.287 e. The highest BCUT2D eigenvalue weighted by atomic mass is 16.5. The number of aromatic nitrogens is 2. The zero-order valence-electron chi connectivity index (χ0n) is 26.3. The van der Waals surface area contributed by atoms with Gasteiger partial charge in [-0.05, 0) is 76.1 Å². The third-order valence-electron chi connectivity index (χ3n) is 8.55. The number of aryl methyl sites for hydroxylation is 1. The van der Waals surface area contributed by atoms with Crippen LogP contribution in [0.3, 0.4) is 0 Å². The van der Waals surface area contributed by atoms with Crippen LogP contribution in [0.5, 0.6) is 11.8 Å². The van der Waals surface area contributed by atoms with Crippen molar-refractivity contribution in [1.82, 2.24) is 15.3 Å². The molecule has 1 amide bonds. The van der Waals surface area contributed by atoms with Gasteiger partial charge in [-0.3, -0.25) is 4.79 Å². The fraction of sp³-hybridized carbons (Fsp3) is 0.400. The van der Waals surface area contributed by atoms with E-state index in [0.717, 1.165) is 16.9 Å². The van der Waals surface area contributed by atoms with E-state index in [0.29, 0.717) is 43.0 Å². The van der Waals surface area contributed by atoms with Crippen LogP contribution in [0.15, 0.2) is 59.0 Å². The van der Waals surface area contributed by atoms with Gasteiger partial charge in [0.15, 0.2) is 5.76 Å². The first kappa shape index (κ1) is 30.1. The molecule has 0 aliphatic heterocycles. The topological polar surface area (TPSA) is 98.5 Å². The summed E-state index contributed by atoms with van der Waals surface area (Å²) < 4.78 is 16.4. The Morgan fingerprint density at radius 2 is 1.49 bits per heavy atom. The summed E-state index contributed by atoms with van der Waals surface area (Å²) in [5.74, 6) is 2.09. The van der Waals surface area contributed by atoms with Gasteiger partial charge in [0, 0.05) is 19.5 Å². The van der Waals surface area contributed by atoms with Gasteiger partial charge in [-0.2, -0.15) is 9.97 Å². The first-order valence-electron chi connectivity index (χ1n) is 14.8. The number of anilines is 1. The number of nitrogens with one attached hydrogen (secondary N) is 2. The van der Waals surface area contributed by atoms with Crippen LogP contribution in [0.1, 0.15) is 90.2 Å². The van der Waals surface area contributed by atoms with Crippen LogP contribution in [-0.2, 0) is 30.3 Å². The van der Waals surface area contributed by atoms with Crippen molar-refractivity contribution in [3.63, 3.8) is 0 Å². The predicted molar refractivity (Wildman–Crippen MR) is 168 cm³/mol. The van der Waals surface area contributed by atoms with E-state index < -0.39 is 0 Å². The second-order valence-electron chi connectivity index (χ2n) is 12.7. The molecule has 1 aliphatic carbocycles. The average Bonchev–Trinajstić information content (AvgIpc) is 3.46. The molecule has 43 heavy (non-hydrogen) atoms. The Morgan fingerprint density at radius 1 is 0.860 bits per heavy atom. The average molecular weight is 583 g/mol. The molecule has 226 valence electrons. The van der Waals surface area contributed by atoms with E-state index in [-0.39, 0.29) is 16.7 Å². The molecule has 0 atom stereocenters. The van der Waals surface area contributed by atoms with Crippen LogP contribution in [-0.4, -0.2) is 30.1 Å². The molecule has 4 aromatic rings. The van der Waals surface area contributed by atoms with Gasteiger partial charge in [0.1, 0.15) is 5.76 Å². The maximum atomic E-state index is 13.0. The highest BCUT2D eigenvalue weighted by molar-refractivity contribution is 5.91. The van der Waals surface area contributed by atoms with E-state index in [2.05, 4.69) is 67.4 Å². The standard InChI is InChI=1S/C35H42N4O4/c1-22-15-27-28(35(4,5)14-13-34(27,2)3)18-25(22)17-26-11-12-29(43-26)32(40)36-20-23-9-8-10-24(16-23)21-37-33-38-30(41-6)19-31(39-33)42-7/h8-12,15-16,18-19H,13-14,17,20-21H2,1-7H3,(H,36,40)(H,37,38,39). The van der Waals surface area contributed by atoms with Gasteiger partial charge >= 0.3 is 0 Å². The number of methoxy groups -OCH3 is 2. The number of carbonyl (C=O) groups is 1. The summed E-state index contributed by atoms with van der Waals surface area (Å²) in [6.07, 6.45) is 3.02. The van der Waals surface area contributed by atoms with E-state index in [1.165, 1.54) is 35.1 Å². The van der Waals surface area contributed by atoms with Crippen molar-refractivity contribution in [2.45, 2.75) is 77.8 Å². The van der Waals surface area contributed by atoms with Gasteiger partial charge in [0.2, 0.25) is 17.7 Å². The molecule has 0 fully saturated rings. The summed E-state index contributed by atoms with van der Waals surface area (Å²) in [7, 11) is 3.09. The zero-order chi connectivity index (χ0) is 30.8. The number of nitrogens with zero attached hydrogens (tertiary/aromatic N) is 2. The molecule has 8 nitrogen and oxygen atoms in total. The number of ether oxygens (including phenoxy) is 2. The van der Waals surface area contributed by atoms with Crippen molar-refractivity contribution in [3.05, 3.63) is 99.5 Å². The molecular weight excluding hydrogens is 540 g/mol. The first-order valence-corrected chi connectivity index (χ1v) is 14.8. The quantitative estimate of drug-likeness (QED) is 0.210. The number of hydrogen-bond acceptors (Lipinski definition) is 7. The fourth-order valence-corrected chi connectivity index (χ4v) is 5.73. The Kier molecular flexibility index (Phi) is 8.49. The van der Waals surface area contributed by atoms with Crippen molar-refractivity contribution in [3.8, 4) is 11.8 Å². The van der Waals surface area contributed by atoms with E-state index in [1.54, 1.807) is 26.4 Å². The molecule has 2 aromatic carbocycles. The van der Waals surface area contributed by atoms with Gasteiger partial charge < -0.3 is 24.5 Å². The van der Waals surface area contributed by atoms with Gasteiger partial charge in [0.05, 0.1) is 20.3 Å². The minimum atomic E-state index is -0.239. The van der Waals surface area contributed by atoms with Gasteiger partial charge in [0.25, 0.3) is 5.91 Å². The lowest BCUT2D eigenvalue weighted by molar-refractivity contribution is 0.0921. The number of amides is 1. The molecule has 0 saturated carbocycles. The minimum absolute atomic E-state index is 0.144. The Hall–Kier alpha value is -4.33. The first-order chi connectivity index (χ1) is 20.5. The van der Waals surface area contributed by atoms with Gasteiger partial charge in [-0.1, -0.05) is 64.1 Å². The largest absolute Gasteiger partial charge is 0.481 e. The summed E-state index contributed by atoms with van der Waals surface area (Å²) in [4.78, 5) is 21.6. The van der Waals surface area contributed by atoms with Gasteiger partial charge in [-0.25, -0.2) is 0 Å². The van der Waals surface area contributed by atoms with Crippen LogP contribution < -0.4 is 20.1 Å². The monoisotopic (exact) mass is 582 g/mol. The smallest absolute Gasteiger partial charge is 0.287 e. The number of carbonyl (C=O) groups excluding carboxylic acids is 1. The zero-order valence-corrected chi connectivity index (χ0v) is 26.3. The molecule has 2 heterocycles. The molecule has 0 unspecified atom stereocenters. The Balaban J connectivity index is 1.20. The lowest BCUT2D eigenvalue weighted by Gasteiger charge is -2.42. The van der Waals surface area contributed by atoms with Gasteiger partial charge in [-0.15, -0.1) is 0 Å². The third kappa shape index (κ3) is 6.85. The van der Waals surface area contributed by atoms with Crippen LogP contribution >= 0.6 is 0 Å². The SMILES string of the molecule is COc1cc(OC)nc(NCc2cccc(CNC(=O)c3ccc(Cc4cc5c(cc4C)C(C)(C)CCC5(C)C)o3)c2)n1.